The topological polar surface area (TPSA) is 97.5 Å². The number of carbonyl (C=O) groups is 1. The molecule has 0 spiro atoms. The van der Waals surface area contributed by atoms with Crippen molar-refractivity contribution in [3.63, 3.8) is 0 Å². The first kappa shape index (κ1) is 17.9. The van der Waals surface area contributed by atoms with E-state index in [4.69, 9.17) is 0 Å². The second-order valence-electron chi connectivity index (χ2n) is 5.77. The molecular formula is C20H16N4O3. The Kier molecular flexibility index (Phi) is 5.32. The standard InChI is InChI=1S/C20H16N4O3/c1-14-12-16(9-10-18(14)24(26)27)20(25)23-22-19(15-6-3-2-4-7-15)17-8-5-11-21-13-17/h2-13H,1H3,(H,23,25). The number of carbonyl (C=O) groups excluding carboxylic acids is 1. The Balaban J connectivity index is 1.90. The molecule has 7 heteroatoms. The number of hydrazone groups is 1. The lowest BCUT2D eigenvalue weighted by molar-refractivity contribution is -0.385. The molecule has 2 aromatic carbocycles. The SMILES string of the molecule is Cc1cc(C(=O)NN=C(c2ccccc2)c2cccnc2)ccc1[N+](=O)[O-]. The summed E-state index contributed by atoms with van der Waals surface area (Å²) in [7, 11) is 0. The van der Waals surface area contributed by atoms with Crippen LogP contribution in [0.3, 0.4) is 0 Å². The smallest absolute Gasteiger partial charge is 0.267 e. The van der Waals surface area contributed by atoms with E-state index in [2.05, 4.69) is 15.5 Å². The van der Waals surface area contributed by atoms with Crippen LogP contribution in [0.25, 0.3) is 0 Å². The molecule has 0 aliphatic carbocycles. The van der Waals surface area contributed by atoms with E-state index in [0.29, 0.717) is 16.8 Å². The van der Waals surface area contributed by atoms with Crippen molar-refractivity contribution in [1.29, 1.82) is 0 Å². The number of aryl methyl sites for hydroxylation is 1. The predicted octanol–water partition coefficient (Wildman–Crippen LogP) is 3.48. The molecule has 1 N–H and O–H groups in total. The summed E-state index contributed by atoms with van der Waals surface area (Å²) in [6, 6.07) is 17.2. The van der Waals surface area contributed by atoms with E-state index in [0.717, 1.165) is 11.1 Å². The molecule has 0 saturated carbocycles. The number of nitro benzene ring substituents is 1. The van der Waals surface area contributed by atoms with E-state index >= 15 is 0 Å². The molecule has 3 rings (SSSR count). The molecule has 0 saturated heterocycles. The van der Waals surface area contributed by atoms with Crippen molar-refractivity contribution in [2.75, 3.05) is 0 Å². The fourth-order valence-electron chi connectivity index (χ4n) is 2.57. The molecule has 0 unspecified atom stereocenters. The molecule has 134 valence electrons. The van der Waals surface area contributed by atoms with Crippen LogP contribution in [-0.2, 0) is 0 Å². The van der Waals surface area contributed by atoms with Crippen molar-refractivity contribution in [3.05, 3.63) is 105 Å². The molecule has 0 fully saturated rings. The summed E-state index contributed by atoms with van der Waals surface area (Å²) in [6.45, 7) is 1.59. The summed E-state index contributed by atoms with van der Waals surface area (Å²) in [4.78, 5) is 27.0. The van der Waals surface area contributed by atoms with E-state index in [9.17, 15) is 14.9 Å². The Labute approximate surface area is 155 Å². The van der Waals surface area contributed by atoms with E-state index in [-0.39, 0.29) is 5.69 Å². The Morgan fingerprint density at radius 3 is 2.41 bits per heavy atom. The van der Waals surface area contributed by atoms with Gasteiger partial charge in [-0.2, -0.15) is 5.10 Å². The summed E-state index contributed by atoms with van der Waals surface area (Å²) in [5, 5.41) is 15.2. The zero-order chi connectivity index (χ0) is 19.2. The summed E-state index contributed by atoms with van der Waals surface area (Å²) in [5.74, 6) is -0.453. The molecule has 1 amide bonds. The normalized spacial score (nSPS) is 11.1. The minimum Gasteiger partial charge on any atom is -0.267 e. The molecule has 1 heterocycles. The third-order valence-electron chi connectivity index (χ3n) is 3.91. The molecule has 7 nitrogen and oxygen atoms in total. The Morgan fingerprint density at radius 2 is 1.78 bits per heavy atom. The monoisotopic (exact) mass is 360 g/mol. The van der Waals surface area contributed by atoms with Gasteiger partial charge in [-0.15, -0.1) is 0 Å². The van der Waals surface area contributed by atoms with Gasteiger partial charge < -0.3 is 0 Å². The largest absolute Gasteiger partial charge is 0.272 e. The lowest BCUT2D eigenvalue weighted by Crippen LogP contribution is -2.21. The molecule has 0 atom stereocenters. The van der Waals surface area contributed by atoms with E-state index in [1.54, 1.807) is 25.4 Å². The lowest BCUT2D eigenvalue weighted by atomic mass is 10.0. The van der Waals surface area contributed by atoms with Crippen molar-refractivity contribution in [3.8, 4) is 0 Å². The Hall–Kier alpha value is -3.87. The lowest BCUT2D eigenvalue weighted by Gasteiger charge is -2.08. The maximum absolute atomic E-state index is 12.4. The molecule has 0 aliphatic rings. The third kappa shape index (κ3) is 4.21. The third-order valence-corrected chi connectivity index (χ3v) is 3.91. The van der Waals surface area contributed by atoms with Gasteiger partial charge in [-0.25, -0.2) is 5.43 Å². The quantitative estimate of drug-likeness (QED) is 0.428. The maximum Gasteiger partial charge on any atom is 0.272 e. The van der Waals surface area contributed by atoms with Crippen molar-refractivity contribution < 1.29 is 9.72 Å². The predicted molar refractivity (Wildman–Crippen MR) is 102 cm³/mol. The van der Waals surface area contributed by atoms with Gasteiger partial charge >= 0.3 is 0 Å². The average Bonchev–Trinajstić information content (AvgIpc) is 2.69. The number of rotatable bonds is 5. The number of hydrogen-bond acceptors (Lipinski definition) is 5. The van der Waals surface area contributed by atoms with Crippen LogP contribution < -0.4 is 5.43 Å². The van der Waals surface area contributed by atoms with Gasteiger partial charge in [0.1, 0.15) is 0 Å². The van der Waals surface area contributed by atoms with Crippen LogP contribution in [0, 0.1) is 17.0 Å². The summed E-state index contributed by atoms with van der Waals surface area (Å²) in [5.41, 5.74) is 5.34. The highest BCUT2D eigenvalue weighted by Crippen LogP contribution is 2.18. The van der Waals surface area contributed by atoms with Crippen LogP contribution in [0.1, 0.15) is 27.0 Å². The molecular weight excluding hydrogens is 344 g/mol. The molecule has 0 aliphatic heterocycles. The van der Waals surface area contributed by atoms with Gasteiger partial charge in [0.2, 0.25) is 0 Å². The van der Waals surface area contributed by atoms with Gasteiger partial charge in [0.15, 0.2) is 0 Å². The summed E-state index contributed by atoms with van der Waals surface area (Å²) in [6.07, 6.45) is 3.32. The van der Waals surface area contributed by atoms with Crippen LogP contribution in [0.5, 0.6) is 0 Å². The zero-order valence-electron chi connectivity index (χ0n) is 14.5. The number of benzene rings is 2. The van der Waals surface area contributed by atoms with Gasteiger partial charge in [-0.1, -0.05) is 30.3 Å². The molecule has 1 aromatic heterocycles. The Bertz CT molecular complexity index is 961. The number of hydrogen-bond donors (Lipinski definition) is 1. The van der Waals surface area contributed by atoms with Crippen molar-refractivity contribution in [2.45, 2.75) is 6.92 Å². The molecule has 0 radical (unpaired) electrons. The van der Waals surface area contributed by atoms with E-state index < -0.39 is 10.8 Å². The van der Waals surface area contributed by atoms with E-state index in [1.165, 1.54) is 18.2 Å². The summed E-state index contributed by atoms with van der Waals surface area (Å²) >= 11 is 0. The highest BCUT2D eigenvalue weighted by Gasteiger charge is 2.14. The van der Waals surface area contributed by atoms with Gasteiger partial charge in [-0.3, -0.25) is 19.9 Å². The zero-order valence-corrected chi connectivity index (χ0v) is 14.5. The van der Waals surface area contributed by atoms with E-state index in [1.807, 2.05) is 36.4 Å². The van der Waals surface area contributed by atoms with Gasteiger partial charge in [0.25, 0.3) is 11.6 Å². The number of nitrogens with zero attached hydrogens (tertiary/aromatic N) is 3. The second kappa shape index (κ2) is 8.01. The second-order valence-corrected chi connectivity index (χ2v) is 5.77. The van der Waals surface area contributed by atoms with Crippen LogP contribution in [0.15, 0.2) is 78.2 Å². The van der Waals surface area contributed by atoms with Crippen molar-refractivity contribution >= 4 is 17.3 Å². The first-order chi connectivity index (χ1) is 13.1. The maximum atomic E-state index is 12.4. The number of aromatic nitrogens is 1. The van der Waals surface area contributed by atoms with Gasteiger partial charge in [-0.05, 0) is 31.2 Å². The number of nitro groups is 1. The first-order valence-electron chi connectivity index (χ1n) is 8.15. The van der Waals surface area contributed by atoms with Gasteiger partial charge in [0, 0.05) is 40.7 Å². The molecule has 27 heavy (non-hydrogen) atoms. The molecule has 3 aromatic rings. The van der Waals surface area contributed by atoms with Crippen LogP contribution in [0.4, 0.5) is 5.69 Å². The van der Waals surface area contributed by atoms with Crippen LogP contribution >= 0.6 is 0 Å². The minimum absolute atomic E-state index is 0.0321. The Morgan fingerprint density at radius 1 is 1.04 bits per heavy atom. The first-order valence-corrected chi connectivity index (χ1v) is 8.15. The highest BCUT2D eigenvalue weighted by atomic mass is 16.6. The number of amides is 1. The average molecular weight is 360 g/mol. The highest BCUT2D eigenvalue weighted by molar-refractivity contribution is 6.13. The number of nitrogens with one attached hydrogen (secondary N) is 1. The van der Waals surface area contributed by atoms with Crippen molar-refractivity contribution in [2.24, 2.45) is 5.10 Å². The molecule has 0 bridgehead atoms. The van der Waals surface area contributed by atoms with Crippen LogP contribution in [-0.4, -0.2) is 21.5 Å². The minimum atomic E-state index is -0.481. The van der Waals surface area contributed by atoms with Crippen LogP contribution in [0.2, 0.25) is 0 Å². The fourth-order valence-corrected chi connectivity index (χ4v) is 2.57. The van der Waals surface area contributed by atoms with Crippen molar-refractivity contribution in [1.82, 2.24) is 10.4 Å². The number of pyridine rings is 1. The summed E-state index contributed by atoms with van der Waals surface area (Å²) < 4.78 is 0. The van der Waals surface area contributed by atoms with Gasteiger partial charge in [0.05, 0.1) is 10.6 Å². The fraction of sp³-hybridized carbons (Fsp3) is 0.0500.